The fourth-order valence-electron chi connectivity index (χ4n) is 4.08. The summed E-state index contributed by atoms with van der Waals surface area (Å²) in [6.45, 7) is 8.63. The maximum absolute atomic E-state index is 14.2. The highest BCUT2D eigenvalue weighted by Gasteiger charge is 2.27. The Balaban J connectivity index is 2.14. The molecule has 1 atom stereocenters. The third kappa shape index (κ3) is 4.05. The second kappa shape index (κ2) is 9.01. The van der Waals surface area contributed by atoms with Gasteiger partial charge in [-0.25, -0.2) is 9.37 Å². The number of fused-ring (bicyclic) bond motifs is 1. The van der Waals surface area contributed by atoms with Crippen LogP contribution in [0, 0.1) is 5.82 Å². The summed E-state index contributed by atoms with van der Waals surface area (Å²) in [4.78, 5) is 22.8. The monoisotopic (exact) mass is 390 g/mol. The minimum Gasteiger partial charge on any atom is -0.494 e. The predicted molar refractivity (Wildman–Crippen MR) is 110 cm³/mol. The standard InChI is InChI=1S/C21H31FN4O2/c1-5-8-18(25-10-7-9-24(3)11-12-25)20-23-17-14-19(28-4)16(22)13-15(17)21(27)26(20)6-2/h13-14,18H,5-12H2,1-4H3. The van der Waals surface area contributed by atoms with Crippen LogP contribution >= 0.6 is 0 Å². The molecular weight excluding hydrogens is 359 g/mol. The van der Waals surface area contributed by atoms with E-state index in [9.17, 15) is 9.18 Å². The van der Waals surface area contributed by atoms with E-state index in [1.165, 1.54) is 19.2 Å². The molecule has 1 aromatic heterocycles. The van der Waals surface area contributed by atoms with Crippen LogP contribution in [0.4, 0.5) is 4.39 Å². The van der Waals surface area contributed by atoms with E-state index in [4.69, 9.17) is 9.72 Å². The van der Waals surface area contributed by atoms with E-state index in [0.717, 1.165) is 51.3 Å². The Bertz CT molecular complexity index is 883. The van der Waals surface area contributed by atoms with Crippen molar-refractivity contribution in [2.24, 2.45) is 0 Å². The van der Waals surface area contributed by atoms with Gasteiger partial charge in [-0.1, -0.05) is 13.3 Å². The van der Waals surface area contributed by atoms with Gasteiger partial charge < -0.3 is 9.64 Å². The molecule has 0 radical (unpaired) electrons. The van der Waals surface area contributed by atoms with Crippen LogP contribution in [0.2, 0.25) is 0 Å². The first-order chi connectivity index (χ1) is 13.5. The highest BCUT2D eigenvalue weighted by atomic mass is 19.1. The minimum absolute atomic E-state index is 0.0737. The van der Waals surface area contributed by atoms with Gasteiger partial charge in [0.15, 0.2) is 11.6 Å². The first-order valence-corrected chi connectivity index (χ1v) is 10.2. The predicted octanol–water partition coefficient (Wildman–Crippen LogP) is 3.04. The number of benzene rings is 1. The molecule has 2 heterocycles. The SMILES string of the molecule is CCCC(c1nc2cc(OC)c(F)cc2c(=O)n1CC)N1CCCN(C)CC1. The van der Waals surface area contributed by atoms with Crippen molar-refractivity contribution in [2.75, 3.05) is 40.3 Å². The molecule has 28 heavy (non-hydrogen) atoms. The molecule has 0 aliphatic carbocycles. The van der Waals surface area contributed by atoms with Gasteiger partial charge in [0.05, 0.1) is 24.1 Å². The second-order valence-electron chi connectivity index (χ2n) is 7.52. The molecule has 1 unspecified atom stereocenters. The van der Waals surface area contributed by atoms with Crippen LogP contribution in [-0.2, 0) is 6.54 Å². The Morgan fingerprint density at radius 3 is 2.68 bits per heavy atom. The Morgan fingerprint density at radius 1 is 1.21 bits per heavy atom. The number of aromatic nitrogens is 2. The molecule has 0 amide bonds. The van der Waals surface area contributed by atoms with Gasteiger partial charge in [0.2, 0.25) is 0 Å². The molecule has 7 heteroatoms. The normalized spacial score (nSPS) is 17.6. The highest BCUT2D eigenvalue weighted by molar-refractivity contribution is 5.79. The van der Waals surface area contributed by atoms with Crippen molar-refractivity contribution in [3.63, 3.8) is 0 Å². The minimum atomic E-state index is -0.537. The zero-order valence-corrected chi connectivity index (χ0v) is 17.4. The van der Waals surface area contributed by atoms with E-state index < -0.39 is 5.82 Å². The molecule has 0 bridgehead atoms. The van der Waals surface area contributed by atoms with Crippen molar-refractivity contribution < 1.29 is 9.13 Å². The lowest BCUT2D eigenvalue weighted by molar-refractivity contribution is 0.180. The summed E-state index contributed by atoms with van der Waals surface area (Å²) in [5.41, 5.74) is 0.313. The fourth-order valence-corrected chi connectivity index (χ4v) is 4.08. The Labute approximate surface area is 165 Å². The molecule has 0 saturated carbocycles. The summed E-state index contributed by atoms with van der Waals surface area (Å²) < 4.78 is 21.0. The first-order valence-electron chi connectivity index (χ1n) is 10.2. The molecule has 2 aromatic rings. The van der Waals surface area contributed by atoms with Crippen LogP contribution in [0.25, 0.3) is 10.9 Å². The van der Waals surface area contributed by atoms with Crippen LogP contribution in [0.15, 0.2) is 16.9 Å². The Hall–Kier alpha value is -1.99. The van der Waals surface area contributed by atoms with Gasteiger partial charge in [0.1, 0.15) is 5.82 Å². The zero-order valence-electron chi connectivity index (χ0n) is 17.4. The number of ether oxygens (including phenoxy) is 1. The third-order valence-electron chi connectivity index (χ3n) is 5.63. The summed E-state index contributed by atoms with van der Waals surface area (Å²) in [5, 5.41) is 0.301. The summed E-state index contributed by atoms with van der Waals surface area (Å²) in [7, 11) is 3.57. The fraction of sp³-hybridized carbons (Fsp3) is 0.619. The molecule has 1 saturated heterocycles. The van der Waals surface area contributed by atoms with Gasteiger partial charge in [-0.2, -0.15) is 0 Å². The van der Waals surface area contributed by atoms with Crippen LogP contribution in [0.1, 0.15) is 45.0 Å². The molecular formula is C21H31FN4O2. The van der Waals surface area contributed by atoms with Crippen molar-refractivity contribution in [1.29, 1.82) is 0 Å². The molecule has 6 nitrogen and oxygen atoms in total. The lowest BCUT2D eigenvalue weighted by Gasteiger charge is -2.31. The highest BCUT2D eigenvalue weighted by Crippen LogP contribution is 2.28. The molecule has 1 aliphatic rings. The Kier molecular flexibility index (Phi) is 6.67. The van der Waals surface area contributed by atoms with Crippen molar-refractivity contribution in [3.8, 4) is 5.75 Å². The second-order valence-corrected chi connectivity index (χ2v) is 7.52. The first kappa shape index (κ1) is 20.7. The van der Waals surface area contributed by atoms with Crippen molar-refractivity contribution in [2.45, 2.75) is 45.7 Å². The van der Waals surface area contributed by atoms with Gasteiger partial charge in [0, 0.05) is 32.2 Å². The molecule has 0 spiro atoms. The number of rotatable bonds is 6. The summed E-state index contributed by atoms with van der Waals surface area (Å²) in [6.07, 6.45) is 3.03. The van der Waals surface area contributed by atoms with Gasteiger partial charge in [-0.05, 0) is 39.4 Å². The quantitative estimate of drug-likeness (QED) is 0.759. The van der Waals surface area contributed by atoms with E-state index in [0.29, 0.717) is 17.4 Å². The maximum atomic E-state index is 14.2. The summed E-state index contributed by atoms with van der Waals surface area (Å²) >= 11 is 0. The van der Waals surface area contributed by atoms with Crippen molar-refractivity contribution >= 4 is 10.9 Å². The summed E-state index contributed by atoms with van der Waals surface area (Å²) in [5.74, 6) is 0.355. The number of methoxy groups -OCH3 is 1. The van der Waals surface area contributed by atoms with Gasteiger partial charge in [0.25, 0.3) is 5.56 Å². The summed E-state index contributed by atoms with van der Waals surface area (Å²) in [6, 6.07) is 2.86. The van der Waals surface area contributed by atoms with E-state index in [2.05, 4.69) is 23.8 Å². The maximum Gasteiger partial charge on any atom is 0.261 e. The molecule has 1 aliphatic heterocycles. The van der Waals surface area contributed by atoms with Gasteiger partial charge >= 0.3 is 0 Å². The van der Waals surface area contributed by atoms with E-state index in [1.54, 1.807) is 4.57 Å². The van der Waals surface area contributed by atoms with Crippen LogP contribution in [0.3, 0.4) is 0 Å². The van der Waals surface area contributed by atoms with Gasteiger partial charge in [-0.3, -0.25) is 14.3 Å². The van der Waals surface area contributed by atoms with E-state index in [1.807, 2.05) is 6.92 Å². The molecule has 3 rings (SSSR count). The van der Waals surface area contributed by atoms with Crippen molar-refractivity contribution in [3.05, 3.63) is 34.1 Å². The number of hydrogen-bond donors (Lipinski definition) is 0. The van der Waals surface area contributed by atoms with Crippen molar-refractivity contribution in [1.82, 2.24) is 19.4 Å². The van der Waals surface area contributed by atoms with E-state index >= 15 is 0 Å². The lowest BCUT2D eigenvalue weighted by atomic mass is 10.1. The number of halogens is 1. The lowest BCUT2D eigenvalue weighted by Crippen LogP contribution is -2.37. The number of hydrogen-bond acceptors (Lipinski definition) is 5. The molecule has 1 aromatic carbocycles. The number of likely N-dealkylation sites (N-methyl/N-ethyl adjacent to an activating group) is 1. The molecule has 1 fully saturated rings. The van der Waals surface area contributed by atoms with Gasteiger partial charge in [-0.15, -0.1) is 0 Å². The Morgan fingerprint density at radius 2 is 2.00 bits per heavy atom. The zero-order chi connectivity index (χ0) is 20.3. The van der Waals surface area contributed by atoms with E-state index in [-0.39, 0.29) is 17.4 Å². The van der Waals surface area contributed by atoms with Crippen LogP contribution < -0.4 is 10.3 Å². The average Bonchev–Trinajstić information content (AvgIpc) is 2.90. The molecule has 0 N–H and O–H groups in total. The largest absolute Gasteiger partial charge is 0.494 e. The third-order valence-corrected chi connectivity index (χ3v) is 5.63. The topological polar surface area (TPSA) is 50.6 Å². The molecule has 154 valence electrons. The average molecular weight is 391 g/mol. The smallest absolute Gasteiger partial charge is 0.261 e. The number of nitrogens with zero attached hydrogens (tertiary/aromatic N) is 4. The van der Waals surface area contributed by atoms with Crippen LogP contribution in [-0.4, -0.2) is 59.7 Å². The van der Waals surface area contributed by atoms with Crippen LogP contribution in [0.5, 0.6) is 5.75 Å².